The fraction of sp³-hybridized carbons (Fsp3) is 0.0667. The summed E-state index contributed by atoms with van der Waals surface area (Å²) in [6.07, 6.45) is 1.86. The molecule has 2 aromatic carbocycles. The van der Waals surface area contributed by atoms with Crippen LogP contribution in [0.4, 0.5) is 0 Å². The first-order chi connectivity index (χ1) is 8.74. The lowest BCUT2D eigenvalue weighted by molar-refractivity contribution is 1.22. The van der Waals surface area contributed by atoms with Crippen LogP contribution in [0.5, 0.6) is 0 Å². The van der Waals surface area contributed by atoms with Crippen LogP contribution >= 0.6 is 11.6 Å². The van der Waals surface area contributed by atoms with Gasteiger partial charge in [-0.25, -0.2) is 9.97 Å². The number of fused-ring (bicyclic) bond motifs is 1. The van der Waals surface area contributed by atoms with Gasteiger partial charge in [-0.3, -0.25) is 0 Å². The average molecular weight is 255 g/mol. The van der Waals surface area contributed by atoms with Gasteiger partial charge in [0.1, 0.15) is 0 Å². The summed E-state index contributed by atoms with van der Waals surface area (Å²) in [6.45, 7) is 2.06. The molecule has 3 aromatic rings. The van der Waals surface area contributed by atoms with Gasteiger partial charge in [-0.2, -0.15) is 0 Å². The molecule has 0 radical (unpaired) electrons. The van der Waals surface area contributed by atoms with E-state index in [1.807, 2.05) is 42.6 Å². The fourth-order valence-electron chi connectivity index (χ4n) is 1.94. The summed E-state index contributed by atoms with van der Waals surface area (Å²) in [5.41, 5.74) is 3.13. The quantitative estimate of drug-likeness (QED) is 0.648. The van der Waals surface area contributed by atoms with E-state index in [0.717, 1.165) is 32.9 Å². The van der Waals surface area contributed by atoms with Gasteiger partial charge in [0.05, 0.1) is 5.52 Å². The maximum Gasteiger partial charge on any atom is 0.159 e. The Bertz CT molecular complexity index is 705. The van der Waals surface area contributed by atoms with Crippen molar-refractivity contribution in [2.75, 3.05) is 0 Å². The highest BCUT2D eigenvalue weighted by atomic mass is 35.5. The lowest BCUT2D eigenvalue weighted by Gasteiger charge is -2.04. The van der Waals surface area contributed by atoms with Gasteiger partial charge in [0, 0.05) is 22.2 Å². The summed E-state index contributed by atoms with van der Waals surface area (Å²) >= 11 is 5.88. The SMILES string of the molecule is Cc1cccc2cnc(-c3ccc(Cl)cc3)nc12. The van der Waals surface area contributed by atoms with E-state index in [9.17, 15) is 0 Å². The zero-order valence-electron chi connectivity index (χ0n) is 9.89. The van der Waals surface area contributed by atoms with Gasteiger partial charge in [0.25, 0.3) is 0 Å². The van der Waals surface area contributed by atoms with Crippen molar-refractivity contribution in [2.24, 2.45) is 0 Å². The highest BCUT2D eigenvalue weighted by Gasteiger charge is 2.04. The van der Waals surface area contributed by atoms with Crippen LogP contribution in [0.2, 0.25) is 5.02 Å². The lowest BCUT2D eigenvalue weighted by Crippen LogP contribution is -1.91. The van der Waals surface area contributed by atoms with Crippen molar-refractivity contribution in [1.82, 2.24) is 9.97 Å². The van der Waals surface area contributed by atoms with Crippen LogP contribution in [0.3, 0.4) is 0 Å². The number of aryl methyl sites for hydroxylation is 1. The summed E-state index contributed by atoms with van der Waals surface area (Å²) in [4.78, 5) is 9.01. The molecule has 0 aliphatic heterocycles. The second-order valence-electron chi connectivity index (χ2n) is 4.21. The molecule has 0 fully saturated rings. The smallest absolute Gasteiger partial charge is 0.159 e. The van der Waals surface area contributed by atoms with Crippen molar-refractivity contribution in [3.63, 3.8) is 0 Å². The van der Waals surface area contributed by atoms with E-state index in [-0.39, 0.29) is 0 Å². The number of hydrogen-bond donors (Lipinski definition) is 0. The molecule has 0 unspecified atom stereocenters. The van der Waals surface area contributed by atoms with Gasteiger partial charge in [0.2, 0.25) is 0 Å². The summed E-state index contributed by atoms with van der Waals surface area (Å²) < 4.78 is 0. The molecule has 0 amide bonds. The molecule has 0 N–H and O–H groups in total. The van der Waals surface area contributed by atoms with E-state index in [1.165, 1.54) is 0 Å². The van der Waals surface area contributed by atoms with E-state index < -0.39 is 0 Å². The minimum absolute atomic E-state index is 0.718. The van der Waals surface area contributed by atoms with Crippen LogP contribution in [0, 0.1) is 6.92 Å². The number of nitrogens with zero attached hydrogens (tertiary/aromatic N) is 2. The molecule has 0 aliphatic rings. The number of aromatic nitrogens is 2. The normalized spacial score (nSPS) is 10.8. The number of rotatable bonds is 1. The minimum Gasteiger partial charge on any atom is -0.236 e. The standard InChI is InChI=1S/C15H11ClN2/c1-10-3-2-4-12-9-17-15(18-14(10)12)11-5-7-13(16)8-6-11/h2-9H,1H3. The largest absolute Gasteiger partial charge is 0.236 e. The van der Waals surface area contributed by atoms with Gasteiger partial charge in [0.15, 0.2) is 5.82 Å². The van der Waals surface area contributed by atoms with Crippen LogP contribution < -0.4 is 0 Å². The molecule has 3 heteroatoms. The van der Waals surface area contributed by atoms with E-state index in [4.69, 9.17) is 11.6 Å². The summed E-state index contributed by atoms with van der Waals surface area (Å²) in [5, 5.41) is 1.78. The van der Waals surface area contributed by atoms with E-state index >= 15 is 0 Å². The predicted molar refractivity (Wildman–Crippen MR) is 74.7 cm³/mol. The second kappa shape index (κ2) is 4.39. The monoisotopic (exact) mass is 254 g/mol. The Morgan fingerprint density at radius 3 is 2.56 bits per heavy atom. The molecule has 0 atom stereocenters. The van der Waals surface area contributed by atoms with Gasteiger partial charge in [-0.1, -0.05) is 29.8 Å². The highest BCUT2D eigenvalue weighted by Crippen LogP contribution is 2.21. The molecule has 0 saturated heterocycles. The summed E-state index contributed by atoms with van der Waals surface area (Å²) in [5.74, 6) is 0.730. The van der Waals surface area contributed by atoms with E-state index in [0.29, 0.717) is 0 Å². The Kier molecular flexibility index (Phi) is 2.73. The molecule has 2 nitrogen and oxygen atoms in total. The van der Waals surface area contributed by atoms with Crippen LogP contribution in [-0.4, -0.2) is 9.97 Å². The molecule has 18 heavy (non-hydrogen) atoms. The first-order valence-corrected chi connectivity index (χ1v) is 6.10. The van der Waals surface area contributed by atoms with Crippen LogP contribution in [0.15, 0.2) is 48.7 Å². The van der Waals surface area contributed by atoms with Gasteiger partial charge in [-0.05, 0) is 36.8 Å². The topological polar surface area (TPSA) is 25.8 Å². The third-order valence-corrected chi connectivity index (χ3v) is 3.17. The van der Waals surface area contributed by atoms with Gasteiger partial charge in [-0.15, -0.1) is 0 Å². The number of benzene rings is 2. The number of para-hydroxylation sites is 1. The maximum atomic E-state index is 5.88. The summed E-state index contributed by atoms with van der Waals surface area (Å²) in [6, 6.07) is 13.7. The molecule has 1 heterocycles. The summed E-state index contributed by atoms with van der Waals surface area (Å²) in [7, 11) is 0. The van der Waals surface area contributed by atoms with Crippen molar-refractivity contribution in [3.8, 4) is 11.4 Å². The van der Waals surface area contributed by atoms with Gasteiger partial charge < -0.3 is 0 Å². The zero-order valence-corrected chi connectivity index (χ0v) is 10.6. The van der Waals surface area contributed by atoms with Crippen molar-refractivity contribution >= 4 is 22.5 Å². The van der Waals surface area contributed by atoms with Crippen LogP contribution in [0.1, 0.15) is 5.56 Å². The maximum absolute atomic E-state index is 5.88. The molecule has 0 aliphatic carbocycles. The Morgan fingerprint density at radius 1 is 1.00 bits per heavy atom. The Hall–Kier alpha value is -1.93. The highest BCUT2D eigenvalue weighted by molar-refractivity contribution is 6.30. The van der Waals surface area contributed by atoms with Crippen LogP contribution in [-0.2, 0) is 0 Å². The van der Waals surface area contributed by atoms with Crippen molar-refractivity contribution in [1.29, 1.82) is 0 Å². The fourth-order valence-corrected chi connectivity index (χ4v) is 2.07. The third kappa shape index (κ3) is 1.95. The zero-order chi connectivity index (χ0) is 12.5. The molecule has 0 spiro atoms. The molecule has 1 aromatic heterocycles. The Labute approximate surface area is 110 Å². The number of hydrogen-bond acceptors (Lipinski definition) is 2. The molecular formula is C15H11ClN2. The van der Waals surface area contributed by atoms with E-state index in [1.54, 1.807) is 0 Å². The molecular weight excluding hydrogens is 244 g/mol. The first kappa shape index (κ1) is 11.2. The van der Waals surface area contributed by atoms with Crippen molar-refractivity contribution < 1.29 is 0 Å². The second-order valence-corrected chi connectivity index (χ2v) is 4.65. The van der Waals surface area contributed by atoms with Crippen molar-refractivity contribution in [2.45, 2.75) is 6.92 Å². The molecule has 0 saturated carbocycles. The predicted octanol–water partition coefficient (Wildman–Crippen LogP) is 4.26. The van der Waals surface area contributed by atoms with Gasteiger partial charge >= 0.3 is 0 Å². The van der Waals surface area contributed by atoms with Crippen molar-refractivity contribution in [3.05, 3.63) is 59.2 Å². The first-order valence-electron chi connectivity index (χ1n) is 5.72. The Morgan fingerprint density at radius 2 is 1.78 bits per heavy atom. The molecule has 0 bridgehead atoms. The van der Waals surface area contributed by atoms with E-state index in [2.05, 4.69) is 23.0 Å². The minimum atomic E-state index is 0.718. The number of halogens is 1. The van der Waals surface area contributed by atoms with Crippen LogP contribution in [0.25, 0.3) is 22.3 Å². The average Bonchev–Trinajstić information content (AvgIpc) is 2.40. The molecule has 3 rings (SSSR count). The molecule has 88 valence electrons. The lowest BCUT2D eigenvalue weighted by atomic mass is 10.1. The third-order valence-electron chi connectivity index (χ3n) is 2.92. The Balaban J connectivity index is 2.18.